The lowest BCUT2D eigenvalue weighted by molar-refractivity contribution is 0.0721. The maximum Gasteiger partial charge on any atom is 0.188 e. The SMILES string of the molecule is Cc1ccc(C(=O)COCc2ccccc2F)cc1C. The van der Waals surface area contributed by atoms with E-state index in [9.17, 15) is 9.18 Å². The van der Waals surface area contributed by atoms with E-state index in [2.05, 4.69) is 0 Å². The third-order valence-corrected chi connectivity index (χ3v) is 3.28. The van der Waals surface area contributed by atoms with Crippen LogP contribution in [0.5, 0.6) is 0 Å². The Morgan fingerprint density at radius 2 is 1.85 bits per heavy atom. The van der Waals surface area contributed by atoms with Crippen LogP contribution in [0, 0.1) is 19.7 Å². The van der Waals surface area contributed by atoms with Gasteiger partial charge in [-0.2, -0.15) is 0 Å². The Morgan fingerprint density at radius 3 is 2.55 bits per heavy atom. The molecule has 0 atom stereocenters. The smallest absolute Gasteiger partial charge is 0.188 e. The van der Waals surface area contributed by atoms with E-state index in [0.29, 0.717) is 11.1 Å². The molecule has 20 heavy (non-hydrogen) atoms. The third-order valence-electron chi connectivity index (χ3n) is 3.28. The molecule has 2 rings (SSSR count). The number of ketones is 1. The van der Waals surface area contributed by atoms with Gasteiger partial charge in [0.05, 0.1) is 6.61 Å². The van der Waals surface area contributed by atoms with Crippen LogP contribution in [0.25, 0.3) is 0 Å². The van der Waals surface area contributed by atoms with Crippen LogP contribution in [0.3, 0.4) is 0 Å². The summed E-state index contributed by atoms with van der Waals surface area (Å²) in [5.41, 5.74) is 3.31. The lowest BCUT2D eigenvalue weighted by Gasteiger charge is -2.06. The fourth-order valence-corrected chi connectivity index (χ4v) is 1.87. The highest BCUT2D eigenvalue weighted by atomic mass is 19.1. The van der Waals surface area contributed by atoms with Crippen molar-refractivity contribution in [1.82, 2.24) is 0 Å². The normalized spacial score (nSPS) is 10.6. The van der Waals surface area contributed by atoms with Gasteiger partial charge in [-0.25, -0.2) is 4.39 Å². The molecule has 0 aliphatic heterocycles. The predicted octanol–water partition coefficient (Wildman–Crippen LogP) is 3.84. The molecule has 0 saturated heterocycles. The Balaban J connectivity index is 1.92. The van der Waals surface area contributed by atoms with Gasteiger partial charge in [0.25, 0.3) is 0 Å². The number of benzene rings is 2. The summed E-state index contributed by atoms with van der Waals surface area (Å²) in [6.07, 6.45) is 0. The Labute approximate surface area is 118 Å². The lowest BCUT2D eigenvalue weighted by Crippen LogP contribution is -2.10. The van der Waals surface area contributed by atoms with E-state index in [-0.39, 0.29) is 24.8 Å². The molecule has 0 unspecified atom stereocenters. The highest BCUT2D eigenvalue weighted by Crippen LogP contribution is 2.12. The second-order valence-electron chi connectivity index (χ2n) is 4.81. The van der Waals surface area contributed by atoms with Crippen molar-refractivity contribution in [2.75, 3.05) is 6.61 Å². The highest BCUT2D eigenvalue weighted by molar-refractivity contribution is 5.97. The average Bonchev–Trinajstić information content (AvgIpc) is 2.44. The molecule has 0 bridgehead atoms. The highest BCUT2D eigenvalue weighted by Gasteiger charge is 2.08. The first-order valence-electron chi connectivity index (χ1n) is 6.49. The summed E-state index contributed by atoms with van der Waals surface area (Å²) in [5, 5.41) is 0. The van der Waals surface area contributed by atoms with Gasteiger partial charge in [0.15, 0.2) is 5.78 Å². The predicted molar refractivity (Wildman–Crippen MR) is 76.3 cm³/mol. The molecule has 0 amide bonds. The Morgan fingerprint density at radius 1 is 1.10 bits per heavy atom. The van der Waals surface area contributed by atoms with Crippen LogP contribution in [0.4, 0.5) is 4.39 Å². The number of rotatable bonds is 5. The van der Waals surface area contributed by atoms with Gasteiger partial charge in [0, 0.05) is 11.1 Å². The van der Waals surface area contributed by atoms with Crippen LogP contribution < -0.4 is 0 Å². The number of hydrogen-bond donors (Lipinski definition) is 0. The van der Waals surface area contributed by atoms with Crippen LogP contribution in [0.2, 0.25) is 0 Å². The molecule has 2 nitrogen and oxygen atoms in total. The summed E-state index contributed by atoms with van der Waals surface area (Å²) in [7, 11) is 0. The van der Waals surface area contributed by atoms with Crippen molar-refractivity contribution in [3.8, 4) is 0 Å². The molecule has 0 saturated carbocycles. The molecule has 2 aromatic rings. The van der Waals surface area contributed by atoms with E-state index in [4.69, 9.17) is 4.74 Å². The zero-order valence-electron chi connectivity index (χ0n) is 11.7. The number of Topliss-reactive ketones (excluding diaryl/α,β-unsaturated/α-hetero) is 1. The molecule has 0 aliphatic rings. The molecule has 0 radical (unpaired) electrons. The topological polar surface area (TPSA) is 26.3 Å². The van der Waals surface area contributed by atoms with E-state index in [1.807, 2.05) is 26.0 Å². The number of hydrogen-bond acceptors (Lipinski definition) is 2. The standard InChI is InChI=1S/C17H17FO2/c1-12-7-8-14(9-13(12)2)17(19)11-20-10-15-5-3-4-6-16(15)18/h3-9H,10-11H2,1-2H3. The average molecular weight is 272 g/mol. The minimum absolute atomic E-state index is 0.0448. The van der Waals surface area contributed by atoms with E-state index >= 15 is 0 Å². The zero-order chi connectivity index (χ0) is 14.5. The van der Waals surface area contributed by atoms with Crippen molar-refractivity contribution >= 4 is 5.78 Å². The maximum atomic E-state index is 13.4. The summed E-state index contributed by atoms with van der Waals surface area (Å²) in [6, 6.07) is 12.0. The van der Waals surface area contributed by atoms with Crippen LogP contribution in [0.1, 0.15) is 27.0 Å². The van der Waals surface area contributed by atoms with E-state index in [1.165, 1.54) is 6.07 Å². The molecule has 0 aromatic heterocycles. The van der Waals surface area contributed by atoms with E-state index < -0.39 is 0 Å². The first-order chi connectivity index (χ1) is 9.58. The number of ether oxygens (including phenoxy) is 1. The number of carbonyl (C=O) groups excluding carboxylic acids is 1. The first kappa shape index (κ1) is 14.4. The minimum atomic E-state index is -0.314. The molecular weight excluding hydrogens is 255 g/mol. The largest absolute Gasteiger partial charge is 0.369 e. The Kier molecular flexibility index (Phi) is 4.64. The molecule has 0 fully saturated rings. The quantitative estimate of drug-likeness (QED) is 0.773. The van der Waals surface area contributed by atoms with Gasteiger partial charge in [0.1, 0.15) is 12.4 Å². The fourth-order valence-electron chi connectivity index (χ4n) is 1.87. The molecule has 2 aromatic carbocycles. The van der Waals surface area contributed by atoms with Gasteiger partial charge >= 0.3 is 0 Å². The number of carbonyl (C=O) groups is 1. The summed E-state index contributed by atoms with van der Waals surface area (Å²) < 4.78 is 18.7. The summed E-state index contributed by atoms with van der Waals surface area (Å²) in [4.78, 5) is 12.0. The van der Waals surface area contributed by atoms with E-state index in [1.54, 1.807) is 24.3 Å². The first-order valence-corrected chi connectivity index (χ1v) is 6.49. The lowest BCUT2D eigenvalue weighted by atomic mass is 10.0. The van der Waals surface area contributed by atoms with Crippen molar-refractivity contribution in [3.63, 3.8) is 0 Å². The molecule has 0 spiro atoms. The molecular formula is C17H17FO2. The van der Waals surface area contributed by atoms with Gasteiger partial charge in [0.2, 0.25) is 0 Å². The van der Waals surface area contributed by atoms with Gasteiger partial charge in [-0.15, -0.1) is 0 Å². The third kappa shape index (κ3) is 3.52. The second-order valence-corrected chi connectivity index (χ2v) is 4.81. The van der Waals surface area contributed by atoms with E-state index in [0.717, 1.165) is 11.1 Å². The summed E-state index contributed by atoms with van der Waals surface area (Å²) >= 11 is 0. The molecule has 0 aliphatic carbocycles. The fraction of sp³-hybridized carbons (Fsp3) is 0.235. The van der Waals surface area contributed by atoms with Gasteiger partial charge < -0.3 is 4.74 Å². The van der Waals surface area contributed by atoms with Crippen molar-refractivity contribution in [2.45, 2.75) is 20.5 Å². The van der Waals surface area contributed by atoms with Crippen molar-refractivity contribution in [3.05, 3.63) is 70.5 Å². The van der Waals surface area contributed by atoms with Gasteiger partial charge in [-0.3, -0.25) is 4.79 Å². The summed E-state index contributed by atoms with van der Waals surface area (Å²) in [5.74, 6) is -0.407. The second kappa shape index (κ2) is 6.44. The van der Waals surface area contributed by atoms with Crippen molar-refractivity contribution in [1.29, 1.82) is 0 Å². The molecule has 0 N–H and O–H groups in total. The molecule has 0 heterocycles. The van der Waals surface area contributed by atoms with Gasteiger partial charge in [-0.05, 0) is 37.1 Å². The Hall–Kier alpha value is -2.00. The number of aryl methyl sites for hydroxylation is 2. The van der Waals surface area contributed by atoms with Crippen molar-refractivity contribution < 1.29 is 13.9 Å². The maximum absolute atomic E-state index is 13.4. The number of halogens is 1. The molecule has 3 heteroatoms. The monoisotopic (exact) mass is 272 g/mol. The Bertz CT molecular complexity index is 620. The minimum Gasteiger partial charge on any atom is -0.369 e. The van der Waals surface area contributed by atoms with Crippen molar-refractivity contribution in [2.24, 2.45) is 0 Å². The van der Waals surface area contributed by atoms with Crippen LogP contribution in [-0.2, 0) is 11.3 Å². The molecule has 104 valence electrons. The van der Waals surface area contributed by atoms with Crippen LogP contribution in [0.15, 0.2) is 42.5 Å². The van der Waals surface area contributed by atoms with Gasteiger partial charge in [-0.1, -0.05) is 30.3 Å². The summed E-state index contributed by atoms with van der Waals surface area (Å²) in [6.45, 7) is 4.02. The van der Waals surface area contributed by atoms with Crippen LogP contribution >= 0.6 is 0 Å². The zero-order valence-corrected chi connectivity index (χ0v) is 11.7. The van der Waals surface area contributed by atoms with Crippen LogP contribution in [-0.4, -0.2) is 12.4 Å².